The molecule has 0 saturated heterocycles. The molecule has 2 heterocycles. The zero-order valence-electron chi connectivity index (χ0n) is 12.5. The molecule has 0 radical (unpaired) electrons. The van der Waals surface area contributed by atoms with Gasteiger partial charge in [-0.05, 0) is 11.7 Å². The molecule has 0 aromatic carbocycles. The number of nitrogens with zero attached hydrogens (tertiary/aromatic N) is 4. The number of thioether (sulfide) groups is 1. The van der Waals surface area contributed by atoms with Gasteiger partial charge in [0.25, 0.3) is 5.91 Å². The first-order valence-electron chi connectivity index (χ1n) is 6.78. The predicted octanol–water partition coefficient (Wildman–Crippen LogP) is 3.54. The third kappa shape index (κ3) is 4.62. The van der Waals surface area contributed by atoms with Crippen LogP contribution in [0.3, 0.4) is 0 Å². The van der Waals surface area contributed by atoms with Crippen molar-refractivity contribution in [3.63, 3.8) is 0 Å². The van der Waals surface area contributed by atoms with Gasteiger partial charge < -0.3 is 0 Å². The third-order valence-electron chi connectivity index (χ3n) is 2.48. The van der Waals surface area contributed by atoms with Gasteiger partial charge in [-0.15, -0.1) is 10.2 Å². The summed E-state index contributed by atoms with van der Waals surface area (Å²) >= 11 is 8.81. The average Bonchev–Trinajstić information content (AvgIpc) is 2.87. The highest BCUT2D eigenvalue weighted by Gasteiger charge is 2.16. The largest absolute Gasteiger partial charge is 0.295 e. The van der Waals surface area contributed by atoms with E-state index >= 15 is 0 Å². The Hall–Kier alpha value is -1.25. The number of nitrogens with one attached hydrogen (secondary N) is 1. The minimum absolute atomic E-state index is 0.147. The van der Waals surface area contributed by atoms with Gasteiger partial charge >= 0.3 is 0 Å². The number of anilines is 1. The van der Waals surface area contributed by atoms with Crippen molar-refractivity contribution in [1.82, 2.24) is 20.2 Å². The van der Waals surface area contributed by atoms with Gasteiger partial charge in [0.2, 0.25) is 5.13 Å². The molecule has 118 valence electrons. The van der Waals surface area contributed by atoms with Crippen LogP contribution < -0.4 is 5.32 Å². The standard InChI is InChI=1S/C13H16ClN5OS2/c1-4-21-12-15-6-8(14)10(16-12)11(20)17-13-19-18-9(22-13)5-7(2)3/h6-7H,4-5H2,1-3H3,(H,17,19,20). The predicted molar refractivity (Wildman–Crippen MR) is 89.8 cm³/mol. The van der Waals surface area contributed by atoms with Crippen molar-refractivity contribution < 1.29 is 4.79 Å². The lowest BCUT2D eigenvalue weighted by Gasteiger charge is -2.04. The topological polar surface area (TPSA) is 80.7 Å². The number of aromatic nitrogens is 4. The van der Waals surface area contributed by atoms with Gasteiger partial charge in [-0.25, -0.2) is 9.97 Å². The van der Waals surface area contributed by atoms with Crippen LogP contribution in [0.15, 0.2) is 11.4 Å². The number of amides is 1. The Morgan fingerprint density at radius 2 is 2.23 bits per heavy atom. The molecule has 1 amide bonds. The zero-order chi connectivity index (χ0) is 16.1. The lowest BCUT2D eigenvalue weighted by Crippen LogP contribution is -2.15. The van der Waals surface area contributed by atoms with Gasteiger partial charge in [0.15, 0.2) is 10.9 Å². The second kappa shape index (κ2) is 7.85. The van der Waals surface area contributed by atoms with Gasteiger partial charge in [-0.2, -0.15) is 0 Å². The van der Waals surface area contributed by atoms with Crippen LogP contribution in [-0.4, -0.2) is 31.8 Å². The summed E-state index contributed by atoms with van der Waals surface area (Å²) in [5.41, 5.74) is 0.147. The SMILES string of the molecule is CCSc1ncc(Cl)c(C(=O)Nc2nnc(CC(C)C)s2)n1. The maximum absolute atomic E-state index is 12.3. The lowest BCUT2D eigenvalue weighted by atomic mass is 10.1. The van der Waals surface area contributed by atoms with Crippen LogP contribution in [-0.2, 0) is 6.42 Å². The van der Waals surface area contributed by atoms with Gasteiger partial charge in [0, 0.05) is 6.42 Å². The Labute approximate surface area is 142 Å². The molecule has 0 aliphatic rings. The van der Waals surface area contributed by atoms with E-state index in [2.05, 4.69) is 39.3 Å². The zero-order valence-corrected chi connectivity index (χ0v) is 14.8. The highest BCUT2D eigenvalue weighted by atomic mass is 35.5. The summed E-state index contributed by atoms with van der Waals surface area (Å²) in [6.45, 7) is 6.19. The second-order valence-corrected chi connectivity index (χ2v) is 7.54. The van der Waals surface area contributed by atoms with Gasteiger partial charge in [-0.1, -0.05) is 55.5 Å². The van der Waals surface area contributed by atoms with Crippen LogP contribution in [0.5, 0.6) is 0 Å². The van der Waals surface area contributed by atoms with Crippen molar-refractivity contribution in [3.8, 4) is 0 Å². The van der Waals surface area contributed by atoms with Crippen LogP contribution in [0, 0.1) is 5.92 Å². The van der Waals surface area contributed by atoms with Crippen molar-refractivity contribution in [2.45, 2.75) is 32.3 Å². The van der Waals surface area contributed by atoms with E-state index in [4.69, 9.17) is 11.6 Å². The lowest BCUT2D eigenvalue weighted by molar-refractivity contribution is 0.102. The van der Waals surface area contributed by atoms with Crippen molar-refractivity contribution in [3.05, 3.63) is 21.9 Å². The maximum atomic E-state index is 12.3. The summed E-state index contributed by atoms with van der Waals surface area (Å²) in [4.78, 5) is 20.5. The molecule has 6 nitrogen and oxygen atoms in total. The van der Waals surface area contributed by atoms with Crippen molar-refractivity contribution in [2.24, 2.45) is 5.92 Å². The highest BCUT2D eigenvalue weighted by Crippen LogP contribution is 2.22. The number of carbonyl (C=O) groups excluding carboxylic acids is 1. The van der Waals surface area contributed by atoms with E-state index in [1.807, 2.05) is 6.92 Å². The summed E-state index contributed by atoms with van der Waals surface area (Å²) in [5, 5.41) is 12.8. The minimum atomic E-state index is -0.405. The molecule has 2 rings (SSSR count). The second-order valence-electron chi connectivity index (χ2n) is 4.84. The fraction of sp³-hybridized carbons (Fsp3) is 0.462. The molecule has 2 aromatic heterocycles. The molecular weight excluding hydrogens is 342 g/mol. The first kappa shape index (κ1) is 17.1. The van der Waals surface area contributed by atoms with Crippen LogP contribution in [0.4, 0.5) is 5.13 Å². The highest BCUT2D eigenvalue weighted by molar-refractivity contribution is 7.99. The minimum Gasteiger partial charge on any atom is -0.295 e. The Morgan fingerprint density at radius 3 is 2.91 bits per heavy atom. The number of carbonyl (C=O) groups is 1. The van der Waals surface area contributed by atoms with E-state index in [1.54, 1.807) is 0 Å². The Bertz CT molecular complexity index is 662. The van der Waals surface area contributed by atoms with E-state index in [0.717, 1.165) is 17.2 Å². The smallest absolute Gasteiger partial charge is 0.277 e. The quantitative estimate of drug-likeness (QED) is 0.629. The van der Waals surface area contributed by atoms with E-state index < -0.39 is 5.91 Å². The Balaban J connectivity index is 2.11. The molecule has 0 unspecified atom stereocenters. The third-order valence-corrected chi connectivity index (χ3v) is 4.36. The van der Waals surface area contributed by atoms with Crippen molar-refractivity contribution in [2.75, 3.05) is 11.1 Å². The number of rotatable bonds is 6. The summed E-state index contributed by atoms with van der Waals surface area (Å²) in [6, 6.07) is 0. The van der Waals surface area contributed by atoms with Crippen LogP contribution >= 0.6 is 34.7 Å². The molecule has 0 aliphatic heterocycles. The molecule has 0 fully saturated rings. The summed E-state index contributed by atoms with van der Waals surface area (Å²) in [5.74, 6) is 0.900. The van der Waals surface area contributed by atoms with Gasteiger partial charge in [0.1, 0.15) is 5.01 Å². The molecule has 0 bridgehead atoms. The van der Waals surface area contributed by atoms with Crippen LogP contribution in [0.25, 0.3) is 0 Å². The molecule has 0 aliphatic carbocycles. The fourth-order valence-corrected chi connectivity index (χ4v) is 3.27. The van der Waals surface area contributed by atoms with Crippen molar-refractivity contribution in [1.29, 1.82) is 0 Å². The number of hydrogen-bond donors (Lipinski definition) is 1. The van der Waals surface area contributed by atoms with E-state index in [-0.39, 0.29) is 10.7 Å². The van der Waals surface area contributed by atoms with Gasteiger partial charge in [-0.3, -0.25) is 10.1 Å². The molecule has 9 heteroatoms. The Morgan fingerprint density at radius 1 is 1.45 bits per heavy atom. The van der Waals surface area contributed by atoms with Crippen molar-refractivity contribution >= 4 is 45.7 Å². The van der Waals surface area contributed by atoms with E-state index in [1.165, 1.54) is 29.3 Å². The maximum Gasteiger partial charge on any atom is 0.277 e. The molecule has 1 N–H and O–H groups in total. The summed E-state index contributed by atoms with van der Waals surface area (Å²) in [6.07, 6.45) is 2.27. The van der Waals surface area contributed by atoms with E-state index in [0.29, 0.717) is 16.2 Å². The van der Waals surface area contributed by atoms with Crippen LogP contribution in [0.2, 0.25) is 5.02 Å². The monoisotopic (exact) mass is 357 g/mol. The number of halogens is 1. The van der Waals surface area contributed by atoms with Gasteiger partial charge in [0.05, 0.1) is 11.2 Å². The average molecular weight is 358 g/mol. The molecule has 2 aromatic rings. The normalized spacial score (nSPS) is 11.0. The fourth-order valence-electron chi connectivity index (χ4n) is 1.60. The Kier molecular flexibility index (Phi) is 6.10. The van der Waals surface area contributed by atoms with Crippen LogP contribution in [0.1, 0.15) is 36.3 Å². The molecule has 0 saturated carbocycles. The first-order chi connectivity index (χ1) is 10.5. The number of hydrogen-bond acceptors (Lipinski definition) is 7. The molecule has 0 spiro atoms. The van der Waals surface area contributed by atoms with E-state index in [9.17, 15) is 4.79 Å². The first-order valence-corrected chi connectivity index (χ1v) is 8.96. The summed E-state index contributed by atoms with van der Waals surface area (Å²) < 4.78 is 0. The molecule has 22 heavy (non-hydrogen) atoms. The molecule has 0 atom stereocenters. The molecular formula is C13H16ClN5OS2. The summed E-state index contributed by atoms with van der Waals surface area (Å²) in [7, 11) is 0.